The van der Waals surface area contributed by atoms with Crippen LogP contribution in [-0.2, 0) is 17.7 Å². The van der Waals surface area contributed by atoms with Crippen molar-refractivity contribution in [2.24, 2.45) is 0 Å². The molecule has 1 fully saturated rings. The summed E-state index contributed by atoms with van der Waals surface area (Å²) in [5.74, 6) is 1.74. The van der Waals surface area contributed by atoms with Gasteiger partial charge in [0.25, 0.3) is 0 Å². The first kappa shape index (κ1) is 20.9. The van der Waals surface area contributed by atoms with Gasteiger partial charge < -0.3 is 9.47 Å². The topological polar surface area (TPSA) is 49.2 Å². The third-order valence-electron chi connectivity index (χ3n) is 5.46. The number of thioether (sulfide) groups is 1. The van der Waals surface area contributed by atoms with Crippen LogP contribution in [0.25, 0.3) is 11.4 Å². The van der Waals surface area contributed by atoms with Crippen LogP contribution >= 0.6 is 11.8 Å². The van der Waals surface area contributed by atoms with Gasteiger partial charge in [0, 0.05) is 17.4 Å². The standard InChI is InChI=1S/C24H29N3O2S/c1-18(10-11-19-7-4-3-5-8-19)30-24-26-25-23(20-12-14-21(28-2)15-13-20)27(24)17-22-9-6-16-29-22/h3-5,7-8,12-15,18,22H,6,9-11,16-17H2,1-2H3. The number of hydrogen-bond donors (Lipinski definition) is 0. The highest BCUT2D eigenvalue weighted by Crippen LogP contribution is 2.30. The molecule has 1 aromatic heterocycles. The SMILES string of the molecule is COc1ccc(-c2nnc(SC(C)CCc3ccccc3)n2CC2CCCO2)cc1. The molecule has 2 heterocycles. The first-order valence-corrected chi connectivity index (χ1v) is 11.5. The molecule has 2 atom stereocenters. The Bertz CT molecular complexity index is 921. The van der Waals surface area contributed by atoms with Gasteiger partial charge in [-0.15, -0.1) is 10.2 Å². The van der Waals surface area contributed by atoms with Gasteiger partial charge in [-0.05, 0) is 55.5 Å². The average Bonchev–Trinajstić information content (AvgIpc) is 3.44. The predicted molar refractivity (Wildman–Crippen MR) is 121 cm³/mol. The predicted octanol–water partition coefficient (Wildman–Crippen LogP) is 5.25. The lowest BCUT2D eigenvalue weighted by Crippen LogP contribution is -2.17. The summed E-state index contributed by atoms with van der Waals surface area (Å²) in [5.41, 5.74) is 2.43. The molecule has 2 unspecified atom stereocenters. The second-order valence-electron chi connectivity index (χ2n) is 7.73. The molecule has 0 aliphatic carbocycles. The van der Waals surface area contributed by atoms with Crippen molar-refractivity contribution in [2.45, 2.75) is 55.7 Å². The van der Waals surface area contributed by atoms with E-state index in [1.807, 2.05) is 24.3 Å². The van der Waals surface area contributed by atoms with Crippen LogP contribution in [0.5, 0.6) is 5.75 Å². The van der Waals surface area contributed by atoms with E-state index >= 15 is 0 Å². The van der Waals surface area contributed by atoms with E-state index in [1.165, 1.54) is 5.56 Å². The maximum atomic E-state index is 5.91. The Kier molecular flexibility index (Phi) is 7.07. The van der Waals surface area contributed by atoms with Crippen molar-refractivity contribution in [3.8, 4) is 17.1 Å². The molecule has 158 valence electrons. The summed E-state index contributed by atoms with van der Waals surface area (Å²) in [7, 11) is 1.68. The maximum Gasteiger partial charge on any atom is 0.191 e. The quantitative estimate of drug-likeness (QED) is 0.440. The average molecular weight is 424 g/mol. The highest BCUT2D eigenvalue weighted by molar-refractivity contribution is 7.99. The van der Waals surface area contributed by atoms with E-state index in [-0.39, 0.29) is 6.10 Å². The molecule has 1 aliphatic rings. The third kappa shape index (κ3) is 5.24. The van der Waals surface area contributed by atoms with Crippen molar-refractivity contribution in [3.05, 3.63) is 60.2 Å². The number of aromatic nitrogens is 3. The molecule has 0 N–H and O–H groups in total. The molecule has 6 heteroatoms. The van der Waals surface area contributed by atoms with E-state index in [0.29, 0.717) is 5.25 Å². The number of benzene rings is 2. The van der Waals surface area contributed by atoms with Gasteiger partial charge in [0.15, 0.2) is 11.0 Å². The Morgan fingerprint density at radius 3 is 2.63 bits per heavy atom. The normalized spacial score (nSPS) is 17.2. The summed E-state index contributed by atoms with van der Waals surface area (Å²) in [5, 5.41) is 10.5. The molecule has 0 amide bonds. The van der Waals surface area contributed by atoms with Gasteiger partial charge >= 0.3 is 0 Å². The minimum absolute atomic E-state index is 0.233. The Labute approximate surface area is 182 Å². The first-order chi connectivity index (χ1) is 14.7. The van der Waals surface area contributed by atoms with E-state index in [2.05, 4.69) is 52.0 Å². The van der Waals surface area contributed by atoms with Crippen LogP contribution in [-0.4, -0.2) is 39.8 Å². The molecule has 5 nitrogen and oxygen atoms in total. The van der Waals surface area contributed by atoms with Gasteiger partial charge in [-0.25, -0.2) is 0 Å². The van der Waals surface area contributed by atoms with E-state index in [0.717, 1.165) is 61.1 Å². The summed E-state index contributed by atoms with van der Waals surface area (Å²) in [6.07, 6.45) is 4.62. The van der Waals surface area contributed by atoms with Gasteiger partial charge in [0.1, 0.15) is 5.75 Å². The third-order valence-corrected chi connectivity index (χ3v) is 6.62. The summed E-state index contributed by atoms with van der Waals surface area (Å²) in [4.78, 5) is 0. The molecule has 1 saturated heterocycles. The number of hydrogen-bond acceptors (Lipinski definition) is 5. The van der Waals surface area contributed by atoms with E-state index < -0.39 is 0 Å². The lowest BCUT2D eigenvalue weighted by Gasteiger charge is -2.16. The fourth-order valence-corrected chi connectivity index (χ4v) is 4.71. The number of rotatable bonds is 9. The minimum atomic E-state index is 0.233. The van der Waals surface area contributed by atoms with Crippen molar-refractivity contribution in [1.82, 2.24) is 14.8 Å². The zero-order valence-corrected chi connectivity index (χ0v) is 18.5. The molecule has 4 rings (SSSR count). The molecule has 0 saturated carbocycles. The van der Waals surface area contributed by atoms with Crippen molar-refractivity contribution in [1.29, 1.82) is 0 Å². The van der Waals surface area contributed by atoms with Crippen LogP contribution < -0.4 is 4.74 Å². The first-order valence-electron chi connectivity index (χ1n) is 10.6. The van der Waals surface area contributed by atoms with Crippen LogP contribution in [0.4, 0.5) is 0 Å². The number of methoxy groups -OCH3 is 1. The second-order valence-corrected chi connectivity index (χ2v) is 9.14. The van der Waals surface area contributed by atoms with Crippen molar-refractivity contribution < 1.29 is 9.47 Å². The van der Waals surface area contributed by atoms with E-state index in [9.17, 15) is 0 Å². The summed E-state index contributed by atoms with van der Waals surface area (Å²) in [6, 6.07) is 18.7. The molecular formula is C24H29N3O2S. The maximum absolute atomic E-state index is 5.91. The molecule has 0 spiro atoms. The molecule has 2 aromatic carbocycles. The van der Waals surface area contributed by atoms with Crippen molar-refractivity contribution >= 4 is 11.8 Å². The fraction of sp³-hybridized carbons (Fsp3) is 0.417. The van der Waals surface area contributed by atoms with Crippen LogP contribution in [0.2, 0.25) is 0 Å². The lowest BCUT2D eigenvalue weighted by molar-refractivity contribution is 0.0953. The van der Waals surface area contributed by atoms with Crippen LogP contribution in [0.3, 0.4) is 0 Å². The van der Waals surface area contributed by atoms with E-state index in [4.69, 9.17) is 9.47 Å². The van der Waals surface area contributed by atoms with Gasteiger partial charge in [0.05, 0.1) is 19.8 Å². The highest BCUT2D eigenvalue weighted by Gasteiger charge is 2.23. The Balaban J connectivity index is 1.51. The van der Waals surface area contributed by atoms with Gasteiger partial charge in [-0.3, -0.25) is 4.57 Å². The molecule has 30 heavy (non-hydrogen) atoms. The highest BCUT2D eigenvalue weighted by atomic mass is 32.2. The number of nitrogens with zero attached hydrogens (tertiary/aromatic N) is 3. The monoisotopic (exact) mass is 423 g/mol. The molecule has 0 bridgehead atoms. The van der Waals surface area contributed by atoms with Gasteiger partial charge in [-0.2, -0.15) is 0 Å². The van der Waals surface area contributed by atoms with Crippen LogP contribution in [0.1, 0.15) is 31.7 Å². The van der Waals surface area contributed by atoms with Gasteiger partial charge in [0.2, 0.25) is 0 Å². The van der Waals surface area contributed by atoms with Crippen molar-refractivity contribution in [2.75, 3.05) is 13.7 Å². The molecule has 3 aromatic rings. The summed E-state index contributed by atoms with van der Waals surface area (Å²) >= 11 is 1.81. The van der Waals surface area contributed by atoms with Crippen LogP contribution in [0.15, 0.2) is 59.8 Å². The van der Waals surface area contributed by atoms with Crippen molar-refractivity contribution in [3.63, 3.8) is 0 Å². The summed E-state index contributed by atoms with van der Waals surface area (Å²) < 4.78 is 13.4. The number of ether oxygens (including phenoxy) is 2. The largest absolute Gasteiger partial charge is 0.497 e. The summed E-state index contributed by atoms with van der Waals surface area (Å²) in [6.45, 7) is 3.91. The lowest BCUT2D eigenvalue weighted by atomic mass is 10.1. The molecule has 0 radical (unpaired) electrons. The smallest absolute Gasteiger partial charge is 0.191 e. The Morgan fingerprint density at radius 1 is 1.13 bits per heavy atom. The van der Waals surface area contributed by atoms with Crippen LogP contribution in [0, 0.1) is 0 Å². The Hall–Kier alpha value is -2.31. The number of aryl methyl sites for hydroxylation is 1. The fourth-order valence-electron chi connectivity index (χ4n) is 3.74. The minimum Gasteiger partial charge on any atom is -0.497 e. The second kappa shape index (κ2) is 10.1. The molecular weight excluding hydrogens is 394 g/mol. The van der Waals surface area contributed by atoms with Gasteiger partial charge in [-0.1, -0.05) is 49.0 Å². The zero-order chi connectivity index (χ0) is 20.8. The zero-order valence-electron chi connectivity index (χ0n) is 17.7. The molecule has 1 aliphatic heterocycles. The Morgan fingerprint density at radius 2 is 1.93 bits per heavy atom. The van der Waals surface area contributed by atoms with E-state index in [1.54, 1.807) is 18.9 Å².